The normalized spacial score (nSPS) is 27.2. The molecule has 0 amide bonds. The quantitative estimate of drug-likeness (QED) is 0.655. The van der Waals surface area contributed by atoms with E-state index in [-0.39, 0.29) is 24.2 Å². The molecule has 0 radical (unpaired) electrons. The number of pyridine rings is 1. The molecule has 2 N–H and O–H groups in total. The average molecular weight is 501 g/mol. The summed E-state index contributed by atoms with van der Waals surface area (Å²) >= 11 is 1.40. The average Bonchev–Trinajstić information content (AvgIpc) is 3.39. The van der Waals surface area contributed by atoms with Crippen molar-refractivity contribution < 1.29 is 19.0 Å². The Morgan fingerprint density at radius 1 is 1.29 bits per heavy atom. The molecule has 3 fully saturated rings. The second-order valence-corrected chi connectivity index (χ2v) is 10.8. The minimum Gasteiger partial charge on any atom is -0.486 e. The molecule has 0 aliphatic carbocycles. The molecule has 9 nitrogen and oxygen atoms in total. The molecular weight excluding hydrogens is 471 g/mol. The van der Waals surface area contributed by atoms with E-state index in [9.17, 15) is 9.50 Å². The predicted octanol–water partition coefficient (Wildman–Crippen LogP) is 2.85. The second-order valence-electron chi connectivity index (χ2n) is 9.78. The SMILES string of the molecule is C[C@@H]1OCC2(CCN(c3ncc(Sc4ccnc5c4OC[C@@H]4C[C@@H](F)CN54)nc3CO)CC2)C1=N. The van der Waals surface area contributed by atoms with Crippen molar-refractivity contribution in [2.45, 2.75) is 61.0 Å². The molecule has 0 aromatic carbocycles. The maximum absolute atomic E-state index is 14.0. The minimum absolute atomic E-state index is 0.0248. The summed E-state index contributed by atoms with van der Waals surface area (Å²) in [6.45, 7) is 4.60. The van der Waals surface area contributed by atoms with E-state index in [2.05, 4.69) is 14.9 Å². The third-order valence-electron chi connectivity index (χ3n) is 7.68. The molecule has 186 valence electrons. The van der Waals surface area contributed by atoms with Crippen molar-refractivity contribution >= 4 is 29.1 Å². The highest BCUT2D eigenvalue weighted by molar-refractivity contribution is 7.99. The van der Waals surface area contributed by atoms with Crippen LogP contribution in [0.25, 0.3) is 0 Å². The number of anilines is 2. The van der Waals surface area contributed by atoms with Gasteiger partial charge >= 0.3 is 0 Å². The molecule has 2 aromatic heterocycles. The maximum atomic E-state index is 14.0. The van der Waals surface area contributed by atoms with Crippen molar-refractivity contribution in [1.82, 2.24) is 15.0 Å². The number of halogens is 1. The smallest absolute Gasteiger partial charge is 0.175 e. The number of hydrogen-bond donors (Lipinski definition) is 2. The number of fused-ring (bicyclic) bond motifs is 3. The Bertz CT molecular complexity index is 1140. The minimum atomic E-state index is -0.863. The van der Waals surface area contributed by atoms with E-state index >= 15 is 0 Å². The molecule has 0 saturated carbocycles. The van der Waals surface area contributed by atoms with E-state index < -0.39 is 6.17 Å². The van der Waals surface area contributed by atoms with Crippen LogP contribution in [0, 0.1) is 10.8 Å². The largest absolute Gasteiger partial charge is 0.486 e. The van der Waals surface area contributed by atoms with Crippen LogP contribution in [0.5, 0.6) is 5.75 Å². The van der Waals surface area contributed by atoms with Crippen LogP contribution in [0.15, 0.2) is 28.4 Å². The van der Waals surface area contributed by atoms with Crippen LogP contribution >= 0.6 is 11.8 Å². The molecule has 4 aliphatic rings. The number of nitrogens with zero attached hydrogens (tertiary/aromatic N) is 5. The van der Waals surface area contributed by atoms with Crippen LogP contribution in [0.1, 0.15) is 31.9 Å². The first-order chi connectivity index (χ1) is 17.0. The van der Waals surface area contributed by atoms with Crippen LogP contribution in [0.4, 0.5) is 16.0 Å². The summed E-state index contributed by atoms with van der Waals surface area (Å²) in [5.74, 6) is 2.01. The first-order valence-electron chi connectivity index (χ1n) is 12.1. The summed E-state index contributed by atoms with van der Waals surface area (Å²) in [5.41, 5.74) is 1.05. The standard InChI is InChI=1S/C24H29FN6O3S/c1-14-21(26)24(13-34-14)3-6-30(7-4-24)22-17(11-32)29-19(9-28-22)35-18-2-5-27-23-20(18)33-12-16-8-15(25)10-31(16)23/h2,5,9,14-16,26,32H,3-4,6-8,10-13H2,1H3/t14-,15+,16-/m0/s1. The molecule has 0 unspecified atom stereocenters. The number of aliphatic hydroxyl groups excluding tert-OH is 1. The number of piperidine rings is 1. The fraction of sp³-hybridized carbons (Fsp3) is 0.583. The third kappa shape index (κ3) is 3.93. The molecule has 0 bridgehead atoms. The Hall–Kier alpha value is -2.50. The van der Waals surface area contributed by atoms with Gasteiger partial charge in [-0.25, -0.2) is 19.3 Å². The fourth-order valence-electron chi connectivity index (χ4n) is 5.67. The van der Waals surface area contributed by atoms with Gasteiger partial charge < -0.3 is 29.8 Å². The Balaban J connectivity index is 1.20. The number of ether oxygens (including phenoxy) is 2. The molecule has 3 atom stereocenters. The van der Waals surface area contributed by atoms with E-state index in [1.807, 2.05) is 17.9 Å². The van der Waals surface area contributed by atoms with Crippen LogP contribution < -0.4 is 14.5 Å². The number of alkyl halides is 1. The summed E-state index contributed by atoms with van der Waals surface area (Å²) in [6.07, 6.45) is 4.59. The lowest BCUT2D eigenvalue weighted by molar-refractivity contribution is 0.0978. The van der Waals surface area contributed by atoms with Gasteiger partial charge in [-0.05, 0) is 25.8 Å². The van der Waals surface area contributed by atoms with Crippen LogP contribution in [-0.2, 0) is 11.3 Å². The highest BCUT2D eigenvalue weighted by atomic mass is 32.2. The van der Waals surface area contributed by atoms with Crippen molar-refractivity contribution in [3.05, 3.63) is 24.2 Å². The van der Waals surface area contributed by atoms with Gasteiger partial charge in [0.2, 0.25) is 0 Å². The molecule has 11 heteroatoms. The molecule has 4 aliphatic heterocycles. The molecule has 2 aromatic rings. The van der Waals surface area contributed by atoms with Gasteiger partial charge in [0.25, 0.3) is 0 Å². The first kappa shape index (κ1) is 22.9. The van der Waals surface area contributed by atoms with Gasteiger partial charge in [0, 0.05) is 36.8 Å². The Morgan fingerprint density at radius 2 is 2.11 bits per heavy atom. The number of aliphatic hydroxyl groups is 1. The highest BCUT2D eigenvalue weighted by Gasteiger charge is 2.46. The molecule has 6 rings (SSSR count). The van der Waals surface area contributed by atoms with Gasteiger partial charge in [0.1, 0.15) is 23.5 Å². The van der Waals surface area contributed by atoms with Crippen LogP contribution in [0.2, 0.25) is 0 Å². The summed E-state index contributed by atoms with van der Waals surface area (Å²) in [6, 6.07) is 1.89. The number of hydrogen-bond acceptors (Lipinski definition) is 10. The molecule has 3 saturated heterocycles. The lowest BCUT2D eigenvalue weighted by atomic mass is 9.75. The van der Waals surface area contributed by atoms with Gasteiger partial charge in [-0.15, -0.1) is 0 Å². The first-order valence-corrected chi connectivity index (χ1v) is 12.9. The summed E-state index contributed by atoms with van der Waals surface area (Å²) in [4.78, 5) is 18.8. The topological polar surface area (TPSA) is 108 Å². The van der Waals surface area contributed by atoms with E-state index in [1.54, 1.807) is 12.4 Å². The van der Waals surface area contributed by atoms with Gasteiger partial charge in [-0.1, -0.05) is 11.8 Å². The molecule has 35 heavy (non-hydrogen) atoms. The van der Waals surface area contributed by atoms with Crippen molar-refractivity contribution in [3.63, 3.8) is 0 Å². The predicted molar refractivity (Wildman–Crippen MR) is 129 cm³/mol. The molecule has 6 heterocycles. The fourth-order valence-corrected chi connectivity index (χ4v) is 6.53. The monoisotopic (exact) mass is 500 g/mol. The van der Waals surface area contributed by atoms with Gasteiger partial charge in [-0.3, -0.25) is 0 Å². The highest BCUT2D eigenvalue weighted by Crippen LogP contribution is 2.45. The van der Waals surface area contributed by atoms with E-state index in [4.69, 9.17) is 19.9 Å². The number of nitrogens with one attached hydrogen (secondary N) is 1. The van der Waals surface area contributed by atoms with E-state index in [0.717, 1.165) is 30.8 Å². The number of rotatable bonds is 4. The third-order valence-corrected chi connectivity index (χ3v) is 8.62. The summed E-state index contributed by atoms with van der Waals surface area (Å²) in [5, 5.41) is 19.2. The zero-order chi connectivity index (χ0) is 24.2. The van der Waals surface area contributed by atoms with E-state index in [0.29, 0.717) is 60.0 Å². The maximum Gasteiger partial charge on any atom is 0.175 e. The summed E-state index contributed by atoms with van der Waals surface area (Å²) in [7, 11) is 0. The second kappa shape index (κ2) is 8.86. The van der Waals surface area contributed by atoms with Crippen molar-refractivity contribution in [2.75, 3.05) is 42.6 Å². The van der Waals surface area contributed by atoms with Crippen LogP contribution in [0.3, 0.4) is 0 Å². The van der Waals surface area contributed by atoms with Crippen molar-refractivity contribution in [2.24, 2.45) is 5.41 Å². The Labute approximate surface area is 207 Å². The van der Waals surface area contributed by atoms with Gasteiger partial charge in [0.05, 0.1) is 43.0 Å². The van der Waals surface area contributed by atoms with Gasteiger partial charge in [0.15, 0.2) is 17.4 Å². The van der Waals surface area contributed by atoms with Gasteiger partial charge in [-0.2, -0.15) is 0 Å². The van der Waals surface area contributed by atoms with Crippen molar-refractivity contribution in [1.29, 1.82) is 5.41 Å². The van der Waals surface area contributed by atoms with Crippen LogP contribution in [-0.4, -0.2) is 76.9 Å². The molecule has 1 spiro atoms. The number of aromatic nitrogens is 3. The lowest BCUT2D eigenvalue weighted by Gasteiger charge is -2.39. The Kier molecular flexibility index (Phi) is 5.81. The Morgan fingerprint density at radius 3 is 2.86 bits per heavy atom. The van der Waals surface area contributed by atoms with Crippen molar-refractivity contribution in [3.8, 4) is 5.75 Å². The lowest BCUT2D eigenvalue weighted by Crippen LogP contribution is -2.45. The zero-order valence-corrected chi connectivity index (χ0v) is 20.4. The zero-order valence-electron chi connectivity index (χ0n) is 19.6. The van der Waals surface area contributed by atoms with E-state index in [1.165, 1.54) is 11.8 Å². The molecular formula is C24H29FN6O3S. The summed E-state index contributed by atoms with van der Waals surface area (Å²) < 4.78 is 25.7.